The first kappa shape index (κ1) is 28.7. The van der Waals surface area contributed by atoms with Crippen molar-refractivity contribution < 1.29 is 27.7 Å². The van der Waals surface area contributed by atoms with E-state index in [1.54, 1.807) is 12.1 Å². The SMILES string of the molecule is Cc1cc(N2C(=O)CNC2=O)ccc1CC[S+]([O-])N1CCC2(CC1)N=C(C1CCC(CC=C(F)F)CC1)NC2=O. The van der Waals surface area contributed by atoms with Gasteiger partial charge in [0.25, 0.3) is 17.9 Å². The van der Waals surface area contributed by atoms with E-state index in [-0.39, 0.29) is 30.2 Å². The fourth-order valence-corrected chi connectivity index (χ4v) is 7.41. The molecule has 1 saturated carbocycles. The number of aryl methyl sites for hydroxylation is 2. The lowest BCUT2D eigenvalue weighted by atomic mass is 9.80. The molecule has 2 N–H and O–H groups in total. The number of allylic oxidation sites excluding steroid dienone is 1. The third kappa shape index (κ3) is 6.08. The number of aliphatic imine (C=N–C) groups is 1. The van der Waals surface area contributed by atoms with E-state index in [9.17, 15) is 27.7 Å². The molecule has 4 amide bonds. The summed E-state index contributed by atoms with van der Waals surface area (Å²) in [5.41, 5.74) is 1.64. The number of carbonyl (C=O) groups excluding carboxylic acids is 3. The van der Waals surface area contributed by atoms with Crippen LogP contribution in [0.1, 0.15) is 56.1 Å². The number of halogens is 2. The van der Waals surface area contributed by atoms with Crippen molar-refractivity contribution in [2.45, 2.75) is 63.8 Å². The minimum absolute atomic E-state index is 0.00505. The van der Waals surface area contributed by atoms with Gasteiger partial charge in [0.2, 0.25) is 0 Å². The highest BCUT2D eigenvalue weighted by atomic mass is 32.2. The molecular weight excluding hydrogens is 540 g/mol. The van der Waals surface area contributed by atoms with Crippen molar-refractivity contribution >= 4 is 40.7 Å². The highest BCUT2D eigenvalue weighted by Gasteiger charge is 2.48. The number of carbonyl (C=O) groups is 3. The molecule has 216 valence electrons. The molecule has 0 bridgehead atoms. The van der Waals surface area contributed by atoms with Crippen LogP contribution < -0.4 is 15.5 Å². The number of nitrogens with one attached hydrogen (secondary N) is 2. The molecule has 1 spiro atoms. The molecule has 40 heavy (non-hydrogen) atoms. The molecule has 2 saturated heterocycles. The van der Waals surface area contributed by atoms with Gasteiger partial charge in [-0.25, -0.2) is 9.69 Å². The van der Waals surface area contributed by atoms with Crippen LogP contribution in [0.3, 0.4) is 0 Å². The molecule has 1 aromatic carbocycles. The topological polar surface area (TPSA) is 117 Å². The Balaban J connectivity index is 1.11. The molecule has 1 aromatic rings. The largest absolute Gasteiger partial charge is 0.598 e. The monoisotopic (exact) mass is 575 g/mol. The third-order valence-electron chi connectivity index (χ3n) is 8.65. The highest BCUT2D eigenvalue weighted by molar-refractivity contribution is 7.89. The van der Waals surface area contributed by atoms with Gasteiger partial charge in [0.15, 0.2) is 0 Å². The summed E-state index contributed by atoms with van der Waals surface area (Å²) in [6.07, 6.45) is 4.72. The lowest BCUT2D eigenvalue weighted by Crippen LogP contribution is -2.51. The van der Waals surface area contributed by atoms with Crippen LogP contribution in [-0.2, 0) is 27.4 Å². The summed E-state index contributed by atoms with van der Waals surface area (Å²) in [6, 6.07) is 4.98. The van der Waals surface area contributed by atoms with Gasteiger partial charge in [-0.3, -0.25) is 14.6 Å². The Morgan fingerprint density at radius 2 is 1.90 bits per heavy atom. The summed E-state index contributed by atoms with van der Waals surface area (Å²) in [5.74, 6) is 1.19. The van der Waals surface area contributed by atoms with E-state index in [0.29, 0.717) is 50.2 Å². The normalized spacial score (nSPS) is 25.6. The first-order chi connectivity index (χ1) is 19.1. The van der Waals surface area contributed by atoms with Gasteiger partial charge in [-0.2, -0.15) is 8.78 Å². The first-order valence-corrected chi connectivity index (χ1v) is 15.2. The smallest absolute Gasteiger partial charge is 0.329 e. The average Bonchev–Trinajstić information content (AvgIpc) is 3.44. The Kier molecular flexibility index (Phi) is 8.58. The number of piperidine rings is 1. The molecule has 4 aliphatic rings. The number of rotatable bonds is 8. The van der Waals surface area contributed by atoms with Crippen molar-refractivity contribution in [1.29, 1.82) is 0 Å². The molecule has 0 radical (unpaired) electrons. The molecule has 1 unspecified atom stereocenters. The van der Waals surface area contributed by atoms with Gasteiger partial charge in [0.1, 0.15) is 17.1 Å². The van der Waals surface area contributed by atoms with E-state index in [4.69, 9.17) is 4.99 Å². The summed E-state index contributed by atoms with van der Waals surface area (Å²) < 4.78 is 39.8. The van der Waals surface area contributed by atoms with E-state index < -0.39 is 29.0 Å². The molecule has 1 aliphatic carbocycles. The van der Waals surface area contributed by atoms with Gasteiger partial charge in [-0.15, -0.1) is 4.31 Å². The number of nitrogens with zero attached hydrogens (tertiary/aromatic N) is 3. The number of hydrogen-bond donors (Lipinski definition) is 2. The number of amidine groups is 1. The Morgan fingerprint density at radius 1 is 1.18 bits per heavy atom. The van der Waals surface area contributed by atoms with Crippen LogP contribution in [0.2, 0.25) is 0 Å². The van der Waals surface area contributed by atoms with E-state index in [1.807, 2.05) is 17.3 Å². The third-order valence-corrected chi connectivity index (χ3v) is 10.1. The molecule has 9 nitrogen and oxygen atoms in total. The second-order valence-electron chi connectivity index (χ2n) is 11.1. The minimum Gasteiger partial charge on any atom is -0.598 e. The summed E-state index contributed by atoms with van der Waals surface area (Å²) in [7, 11) is 0. The quantitative estimate of drug-likeness (QED) is 0.363. The van der Waals surface area contributed by atoms with Gasteiger partial charge < -0.3 is 15.2 Å². The van der Waals surface area contributed by atoms with Crippen LogP contribution in [0.15, 0.2) is 35.3 Å². The van der Waals surface area contributed by atoms with Gasteiger partial charge in [-0.1, -0.05) is 6.07 Å². The minimum atomic E-state index is -1.62. The zero-order valence-electron chi connectivity index (χ0n) is 22.6. The van der Waals surface area contributed by atoms with E-state index >= 15 is 0 Å². The van der Waals surface area contributed by atoms with E-state index in [2.05, 4.69) is 10.6 Å². The van der Waals surface area contributed by atoms with E-state index in [1.165, 1.54) is 0 Å². The predicted octanol–water partition coefficient (Wildman–Crippen LogP) is 3.60. The van der Waals surface area contributed by atoms with Crippen molar-refractivity contribution in [3.8, 4) is 0 Å². The van der Waals surface area contributed by atoms with Crippen molar-refractivity contribution in [3.05, 3.63) is 41.5 Å². The fourth-order valence-electron chi connectivity index (χ4n) is 6.17. The number of benzene rings is 1. The molecule has 12 heteroatoms. The van der Waals surface area contributed by atoms with Crippen LogP contribution in [-0.4, -0.2) is 63.5 Å². The van der Waals surface area contributed by atoms with Crippen molar-refractivity contribution in [1.82, 2.24) is 14.9 Å². The Morgan fingerprint density at radius 3 is 2.52 bits per heavy atom. The zero-order valence-corrected chi connectivity index (χ0v) is 23.4. The maximum absolute atomic E-state index is 13.1. The summed E-state index contributed by atoms with van der Waals surface area (Å²) >= 11 is -1.22. The molecule has 3 aliphatic heterocycles. The zero-order chi connectivity index (χ0) is 28.4. The maximum atomic E-state index is 13.1. The second kappa shape index (κ2) is 12.0. The molecule has 3 fully saturated rings. The van der Waals surface area contributed by atoms with Gasteiger partial charge in [0, 0.05) is 36.8 Å². The Hall–Kier alpha value is -2.83. The van der Waals surface area contributed by atoms with Crippen LogP contribution in [0.25, 0.3) is 0 Å². The Labute approximate surface area is 235 Å². The fraction of sp³-hybridized carbons (Fsp3) is 0.571. The number of anilines is 1. The van der Waals surface area contributed by atoms with E-state index in [0.717, 1.165) is 53.6 Å². The standard InChI is InChI=1S/C28H35F2N5O4S/c1-18-16-22(35-24(36)17-31-27(35)38)8-7-20(18)10-15-40(39)34-13-11-28(12-14-34)26(37)32-25(33-28)21-5-2-19(3-6-21)4-9-23(29)30/h7-9,16,19,21H,2-6,10-15,17H2,1H3,(H,31,38)(H,32,33,37). The summed E-state index contributed by atoms with van der Waals surface area (Å²) in [4.78, 5) is 42.9. The van der Waals surface area contributed by atoms with Crippen LogP contribution >= 0.6 is 0 Å². The summed E-state index contributed by atoms with van der Waals surface area (Å²) in [6.45, 7) is 2.92. The number of hydrogen-bond acceptors (Lipinski definition) is 6. The molecule has 3 heterocycles. The number of imide groups is 1. The summed E-state index contributed by atoms with van der Waals surface area (Å²) in [5, 5.41) is 5.52. The molecule has 0 aromatic heterocycles. The molecule has 5 rings (SSSR count). The average molecular weight is 576 g/mol. The Bertz CT molecular complexity index is 1210. The van der Waals surface area contributed by atoms with Crippen LogP contribution in [0.5, 0.6) is 0 Å². The highest BCUT2D eigenvalue weighted by Crippen LogP contribution is 2.37. The van der Waals surface area contributed by atoms with Gasteiger partial charge in [0.05, 0.1) is 12.2 Å². The molecular formula is C28H35F2N5O4S. The van der Waals surface area contributed by atoms with Crippen molar-refractivity contribution in [2.75, 3.05) is 30.3 Å². The van der Waals surface area contributed by atoms with Gasteiger partial charge >= 0.3 is 6.03 Å². The second-order valence-corrected chi connectivity index (χ2v) is 12.7. The first-order valence-electron chi connectivity index (χ1n) is 13.9. The van der Waals surface area contributed by atoms with Crippen LogP contribution in [0, 0.1) is 18.8 Å². The molecule has 1 atom stereocenters. The van der Waals surface area contributed by atoms with Gasteiger partial charge in [-0.05, 0) is 87.1 Å². The lowest BCUT2D eigenvalue weighted by Gasteiger charge is -2.35. The van der Waals surface area contributed by atoms with Crippen molar-refractivity contribution in [2.24, 2.45) is 16.8 Å². The van der Waals surface area contributed by atoms with Crippen molar-refractivity contribution in [3.63, 3.8) is 0 Å². The predicted molar refractivity (Wildman–Crippen MR) is 148 cm³/mol. The van der Waals surface area contributed by atoms with Crippen LogP contribution in [0.4, 0.5) is 19.3 Å². The number of urea groups is 1. The lowest BCUT2D eigenvalue weighted by molar-refractivity contribution is -0.125. The maximum Gasteiger partial charge on any atom is 0.329 e. The number of amides is 4.